The van der Waals surface area contributed by atoms with Crippen molar-refractivity contribution in [1.29, 1.82) is 0 Å². The maximum atomic E-state index is 11.7. The number of amidine groups is 1. The second-order valence-corrected chi connectivity index (χ2v) is 5.05. The Bertz CT molecular complexity index is 430. The largest absolute Gasteiger partial charge is 0.409 e. The van der Waals surface area contributed by atoms with Crippen LogP contribution < -0.4 is 11.1 Å². The molecule has 2 unspecified atom stereocenters. The molecule has 0 aliphatic carbocycles. The SMILES string of the molecule is Cc1cnc(C(C)NC(=O)C(C)/C(N)=N/O)s1. The van der Waals surface area contributed by atoms with E-state index in [0.29, 0.717) is 0 Å². The van der Waals surface area contributed by atoms with Crippen molar-refractivity contribution < 1.29 is 10.0 Å². The third-order valence-electron chi connectivity index (χ3n) is 2.32. The molecule has 94 valence electrons. The number of hydrogen-bond donors (Lipinski definition) is 3. The summed E-state index contributed by atoms with van der Waals surface area (Å²) in [6.07, 6.45) is 1.76. The van der Waals surface area contributed by atoms with Gasteiger partial charge in [-0.2, -0.15) is 0 Å². The van der Waals surface area contributed by atoms with Crippen molar-refractivity contribution in [2.24, 2.45) is 16.8 Å². The number of carbonyl (C=O) groups is 1. The number of thiazole rings is 1. The van der Waals surface area contributed by atoms with E-state index in [2.05, 4.69) is 15.5 Å². The lowest BCUT2D eigenvalue weighted by Crippen LogP contribution is -2.38. The second-order valence-electron chi connectivity index (χ2n) is 3.79. The molecular formula is C10H16N4O2S. The first kappa shape index (κ1) is 13.4. The van der Waals surface area contributed by atoms with Gasteiger partial charge in [-0.3, -0.25) is 4.79 Å². The number of carbonyl (C=O) groups excluding carboxylic acids is 1. The summed E-state index contributed by atoms with van der Waals surface area (Å²) in [5, 5.41) is 14.9. The average Bonchev–Trinajstić information content (AvgIpc) is 2.73. The van der Waals surface area contributed by atoms with Crippen molar-refractivity contribution in [2.45, 2.75) is 26.8 Å². The smallest absolute Gasteiger partial charge is 0.231 e. The van der Waals surface area contributed by atoms with Crippen LogP contribution in [0.1, 0.15) is 29.8 Å². The van der Waals surface area contributed by atoms with Crippen molar-refractivity contribution in [3.05, 3.63) is 16.1 Å². The molecule has 17 heavy (non-hydrogen) atoms. The van der Waals surface area contributed by atoms with Crippen LogP contribution in [0.5, 0.6) is 0 Å². The number of rotatable bonds is 4. The highest BCUT2D eigenvalue weighted by Gasteiger charge is 2.20. The number of oxime groups is 1. The van der Waals surface area contributed by atoms with E-state index in [1.165, 1.54) is 11.3 Å². The van der Waals surface area contributed by atoms with Crippen LogP contribution in [0.3, 0.4) is 0 Å². The van der Waals surface area contributed by atoms with E-state index in [4.69, 9.17) is 10.9 Å². The molecule has 0 aromatic carbocycles. The van der Waals surface area contributed by atoms with Gasteiger partial charge in [-0.25, -0.2) is 4.98 Å². The molecule has 1 amide bonds. The Morgan fingerprint density at radius 3 is 2.76 bits per heavy atom. The summed E-state index contributed by atoms with van der Waals surface area (Å²) in [7, 11) is 0. The molecule has 1 rings (SSSR count). The molecule has 1 aromatic rings. The van der Waals surface area contributed by atoms with E-state index >= 15 is 0 Å². The number of hydrogen-bond acceptors (Lipinski definition) is 5. The number of aryl methyl sites for hydroxylation is 1. The minimum absolute atomic E-state index is 0.106. The summed E-state index contributed by atoms with van der Waals surface area (Å²) in [4.78, 5) is 17.0. The van der Waals surface area contributed by atoms with Gasteiger partial charge in [0.25, 0.3) is 0 Å². The van der Waals surface area contributed by atoms with E-state index in [9.17, 15) is 4.79 Å². The standard InChI is InChI=1S/C10H16N4O2S/c1-5-4-12-10(17-5)7(3)13-9(15)6(2)8(11)14-16/h4,6-7,16H,1-3H3,(H2,11,14)(H,13,15). The van der Waals surface area contributed by atoms with Crippen LogP contribution in [0.25, 0.3) is 0 Å². The molecule has 2 atom stereocenters. The lowest BCUT2D eigenvalue weighted by atomic mass is 10.1. The van der Waals surface area contributed by atoms with Gasteiger partial charge in [0.2, 0.25) is 5.91 Å². The molecule has 6 nitrogen and oxygen atoms in total. The fraction of sp³-hybridized carbons (Fsp3) is 0.500. The summed E-state index contributed by atoms with van der Waals surface area (Å²) in [5.74, 6) is -1.06. The Morgan fingerprint density at radius 1 is 1.65 bits per heavy atom. The van der Waals surface area contributed by atoms with Gasteiger partial charge in [0, 0.05) is 11.1 Å². The van der Waals surface area contributed by atoms with Gasteiger partial charge in [0.15, 0.2) is 5.84 Å². The number of aromatic nitrogens is 1. The number of nitrogens with two attached hydrogens (primary N) is 1. The predicted octanol–water partition coefficient (Wildman–Crippen LogP) is 1.01. The number of amides is 1. The Balaban J connectivity index is 2.63. The highest BCUT2D eigenvalue weighted by Crippen LogP contribution is 2.19. The summed E-state index contributed by atoms with van der Waals surface area (Å²) in [6.45, 7) is 5.37. The fourth-order valence-electron chi connectivity index (χ4n) is 1.19. The van der Waals surface area contributed by atoms with Crippen LogP contribution in [0.15, 0.2) is 11.4 Å². The lowest BCUT2D eigenvalue weighted by Gasteiger charge is -2.14. The Labute approximate surface area is 104 Å². The normalized spacial score (nSPS) is 15.4. The minimum Gasteiger partial charge on any atom is -0.409 e. The molecule has 0 bridgehead atoms. The summed E-state index contributed by atoms with van der Waals surface area (Å²) >= 11 is 1.53. The van der Waals surface area contributed by atoms with Gasteiger partial charge in [0.05, 0.1) is 12.0 Å². The van der Waals surface area contributed by atoms with Crippen molar-refractivity contribution in [3.63, 3.8) is 0 Å². The third-order valence-corrected chi connectivity index (χ3v) is 3.42. The van der Waals surface area contributed by atoms with Crippen LogP contribution >= 0.6 is 11.3 Å². The molecule has 1 aromatic heterocycles. The van der Waals surface area contributed by atoms with Gasteiger partial charge in [-0.15, -0.1) is 11.3 Å². The van der Waals surface area contributed by atoms with Crippen LogP contribution in [-0.4, -0.2) is 21.9 Å². The second kappa shape index (κ2) is 5.62. The fourth-order valence-corrected chi connectivity index (χ4v) is 1.97. The van der Waals surface area contributed by atoms with Crippen LogP contribution in [0.4, 0.5) is 0 Å². The molecule has 0 saturated heterocycles. The summed E-state index contributed by atoms with van der Waals surface area (Å²) < 4.78 is 0. The lowest BCUT2D eigenvalue weighted by molar-refractivity contribution is -0.123. The Kier molecular flexibility index (Phi) is 4.45. The molecule has 0 aliphatic rings. The predicted molar refractivity (Wildman–Crippen MR) is 66.0 cm³/mol. The highest BCUT2D eigenvalue weighted by molar-refractivity contribution is 7.11. The van der Waals surface area contributed by atoms with Crippen molar-refractivity contribution in [1.82, 2.24) is 10.3 Å². The molecule has 4 N–H and O–H groups in total. The molecule has 0 aliphatic heterocycles. The van der Waals surface area contributed by atoms with E-state index < -0.39 is 5.92 Å². The molecule has 1 heterocycles. The first-order chi connectivity index (χ1) is 7.95. The topological polar surface area (TPSA) is 101 Å². The maximum Gasteiger partial charge on any atom is 0.231 e. The van der Waals surface area contributed by atoms with Crippen molar-refractivity contribution in [2.75, 3.05) is 0 Å². The van der Waals surface area contributed by atoms with Gasteiger partial charge in [0.1, 0.15) is 5.01 Å². The van der Waals surface area contributed by atoms with Gasteiger partial charge >= 0.3 is 0 Å². The van der Waals surface area contributed by atoms with E-state index in [1.54, 1.807) is 13.1 Å². The van der Waals surface area contributed by atoms with Crippen LogP contribution in [0, 0.1) is 12.8 Å². The maximum absolute atomic E-state index is 11.7. The monoisotopic (exact) mass is 256 g/mol. The van der Waals surface area contributed by atoms with E-state index in [-0.39, 0.29) is 17.8 Å². The van der Waals surface area contributed by atoms with Crippen molar-refractivity contribution in [3.8, 4) is 0 Å². The summed E-state index contributed by atoms with van der Waals surface area (Å²) in [5.41, 5.74) is 5.36. The third kappa shape index (κ3) is 3.42. The van der Waals surface area contributed by atoms with Gasteiger partial charge in [-0.05, 0) is 20.8 Å². The molecule has 0 radical (unpaired) electrons. The van der Waals surface area contributed by atoms with Crippen molar-refractivity contribution >= 4 is 23.1 Å². The van der Waals surface area contributed by atoms with Gasteiger partial charge in [-0.1, -0.05) is 5.16 Å². The van der Waals surface area contributed by atoms with E-state index in [0.717, 1.165) is 9.88 Å². The Hall–Kier alpha value is -1.63. The van der Waals surface area contributed by atoms with Gasteiger partial charge < -0.3 is 16.3 Å². The number of nitrogens with one attached hydrogen (secondary N) is 1. The average molecular weight is 256 g/mol. The van der Waals surface area contributed by atoms with E-state index in [1.807, 2.05) is 13.8 Å². The first-order valence-electron chi connectivity index (χ1n) is 5.15. The molecule has 0 saturated carbocycles. The van der Waals surface area contributed by atoms with Crippen LogP contribution in [-0.2, 0) is 4.79 Å². The highest BCUT2D eigenvalue weighted by atomic mass is 32.1. The first-order valence-corrected chi connectivity index (χ1v) is 5.97. The molecule has 7 heteroatoms. The quantitative estimate of drug-likeness (QED) is 0.324. The molecule has 0 spiro atoms. The zero-order valence-electron chi connectivity index (χ0n) is 9.97. The zero-order valence-corrected chi connectivity index (χ0v) is 10.8. The Morgan fingerprint density at radius 2 is 2.29 bits per heavy atom. The molecular weight excluding hydrogens is 240 g/mol. The van der Waals surface area contributed by atoms with Crippen LogP contribution in [0.2, 0.25) is 0 Å². The minimum atomic E-state index is -0.663. The molecule has 0 fully saturated rings. The number of nitrogens with zero attached hydrogens (tertiary/aromatic N) is 2. The summed E-state index contributed by atoms with van der Waals surface area (Å²) in [6, 6.07) is -0.185. The zero-order chi connectivity index (χ0) is 13.0.